The molecule has 29 heavy (non-hydrogen) atoms. The van der Waals surface area contributed by atoms with Crippen LogP contribution in [-0.2, 0) is 14.8 Å². The first-order valence-corrected chi connectivity index (χ1v) is 11.4. The number of hydrogen-bond acceptors (Lipinski definition) is 8. The Morgan fingerprint density at radius 3 is 2.62 bits per heavy atom. The molecule has 0 radical (unpaired) electrons. The van der Waals surface area contributed by atoms with Gasteiger partial charge in [0.05, 0.1) is 16.3 Å². The lowest BCUT2D eigenvalue weighted by molar-refractivity contribution is -0.114. The molecule has 0 spiro atoms. The number of halogens is 2. The fourth-order valence-corrected chi connectivity index (χ4v) is 5.60. The van der Waals surface area contributed by atoms with Crippen molar-refractivity contribution < 1.29 is 13.2 Å². The van der Waals surface area contributed by atoms with Gasteiger partial charge in [-0.1, -0.05) is 34.5 Å². The van der Waals surface area contributed by atoms with E-state index >= 15 is 0 Å². The number of anilines is 2. The Hall–Kier alpha value is -1.92. The number of likely N-dealkylation sites (N-methyl/N-ethyl adjacent to an activating group) is 1. The van der Waals surface area contributed by atoms with E-state index in [-0.39, 0.29) is 21.7 Å². The molecule has 0 saturated heterocycles. The van der Waals surface area contributed by atoms with E-state index in [4.69, 9.17) is 23.2 Å². The van der Waals surface area contributed by atoms with E-state index in [9.17, 15) is 13.2 Å². The summed E-state index contributed by atoms with van der Waals surface area (Å²) < 4.78 is 28.1. The standard InChI is InChI=1S/C16H18Cl2N6O3S2/c1-8-13(28-16(20-8)21-9(2)25)10-5-11(14(17)19-6-10)22-29(26,27)12-7-23(3)24(4)15(12)18/h5-7,15,22H,1-4H3,(H,20,21,25). The number of hydrogen-bond donors (Lipinski definition) is 2. The molecule has 1 amide bonds. The molecule has 156 valence electrons. The average Bonchev–Trinajstić information content (AvgIpc) is 3.11. The van der Waals surface area contributed by atoms with Crippen molar-refractivity contribution in [3.05, 3.63) is 34.2 Å². The molecule has 9 nitrogen and oxygen atoms in total. The number of carbonyl (C=O) groups is 1. The normalized spacial score (nSPS) is 17.4. The summed E-state index contributed by atoms with van der Waals surface area (Å²) in [6.07, 6.45) is 2.94. The Kier molecular flexibility index (Phi) is 6.06. The summed E-state index contributed by atoms with van der Waals surface area (Å²) in [5.41, 5.74) is 0.534. The minimum Gasteiger partial charge on any atom is -0.313 e. The molecule has 1 aliphatic rings. The highest BCUT2D eigenvalue weighted by atomic mass is 35.5. The van der Waals surface area contributed by atoms with Gasteiger partial charge in [-0.15, -0.1) is 0 Å². The Morgan fingerprint density at radius 1 is 1.34 bits per heavy atom. The minimum atomic E-state index is -3.97. The van der Waals surface area contributed by atoms with Crippen LogP contribution in [0.15, 0.2) is 23.4 Å². The molecule has 2 N–H and O–H groups in total. The average molecular weight is 477 g/mol. The molecule has 0 fully saturated rings. The van der Waals surface area contributed by atoms with Gasteiger partial charge in [0.25, 0.3) is 10.0 Å². The number of nitrogens with one attached hydrogen (secondary N) is 2. The highest BCUT2D eigenvalue weighted by Gasteiger charge is 2.35. The Morgan fingerprint density at radius 2 is 2.03 bits per heavy atom. The maximum Gasteiger partial charge on any atom is 0.262 e. The lowest BCUT2D eigenvalue weighted by Crippen LogP contribution is -2.34. The van der Waals surface area contributed by atoms with Gasteiger partial charge >= 0.3 is 0 Å². The molecule has 0 aromatic carbocycles. The molecule has 1 atom stereocenters. The third-order valence-corrected chi connectivity index (χ3v) is 7.62. The van der Waals surface area contributed by atoms with Gasteiger partial charge in [-0.3, -0.25) is 9.52 Å². The Balaban J connectivity index is 1.94. The van der Waals surface area contributed by atoms with E-state index in [0.29, 0.717) is 16.4 Å². The van der Waals surface area contributed by atoms with Crippen LogP contribution in [0.3, 0.4) is 0 Å². The molecule has 2 aromatic rings. The molecule has 13 heteroatoms. The predicted molar refractivity (Wildman–Crippen MR) is 115 cm³/mol. The van der Waals surface area contributed by atoms with Gasteiger partial charge in [0.2, 0.25) is 5.91 Å². The number of carbonyl (C=O) groups excluding carboxylic acids is 1. The number of amides is 1. The van der Waals surface area contributed by atoms with E-state index in [1.165, 1.54) is 30.7 Å². The second kappa shape index (κ2) is 8.07. The molecule has 3 heterocycles. The van der Waals surface area contributed by atoms with Crippen molar-refractivity contribution in [2.24, 2.45) is 0 Å². The molecule has 0 aliphatic carbocycles. The van der Waals surface area contributed by atoms with Crippen LogP contribution in [-0.4, -0.2) is 53.9 Å². The van der Waals surface area contributed by atoms with Crippen molar-refractivity contribution in [3.63, 3.8) is 0 Å². The van der Waals surface area contributed by atoms with Crippen LogP contribution in [0.2, 0.25) is 5.15 Å². The largest absolute Gasteiger partial charge is 0.313 e. The molecule has 0 bridgehead atoms. The molecule has 1 unspecified atom stereocenters. The quantitative estimate of drug-likeness (QED) is 0.387. The summed E-state index contributed by atoms with van der Waals surface area (Å²) in [7, 11) is -0.610. The molecular formula is C16H18Cl2N6O3S2. The monoisotopic (exact) mass is 476 g/mol. The van der Waals surface area contributed by atoms with E-state index in [2.05, 4.69) is 20.0 Å². The van der Waals surface area contributed by atoms with Crippen LogP contribution < -0.4 is 10.0 Å². The van der Waals surface area contributed by atoms with Crippen molar-refractivity contribution in [1.82, 2.24) is 20.0 Å². The fraction of sp³-hybridized carbons (Fsp3) is 0.312. The maximum atomic E-state index is 12.8. The van der Waals surface area contributed by atoms with Crippen LogP contribution in [0.25, 0.3) is 10.4 Å². The number of hydrazine groups is 1. The summed E-state index contributed by atoms with van der Waals surface area (Å²) >= 11 is 13.6. The smallest absolute Gasteiger partial charge is 0.262 e. The number of nitrogens with zero attached hydrogens (tertiary/aromatic N) is 4. The van der Waals surface area contributed by atoms with Crippen molar-refractivity contribution >= 4 is 61.3 Å². The molecule has 0 saturated carbocycles. The van der Waals surface area contributed by atoms with Gasteiger partial charge in [-0.05, 0) is 13.0 Å². The number of alkyl halides is 1. The fourth-order valence-electron chi connectivity index (χ4n) is 2.59. The van der Waals surface area contributed by atoms with E-state index in [1.54, 1.807) is 37.1 Å². The summed E-state index contributed by atoms with van der Waals surface area (Å²) in [5, 5.41) is 6.20. The Labute approximate surface area is 182 Å². The number of aryl methyl sites for hydroxylation is 1. The summed E-state index contributed by atoms with van der Waals surface area (Å²) in [5.74, 6) is -0.233. The first kappa shape index (κ1) is 21.8. The number of thiazole rings is 1. The second-order valence-corrected chi connectivity index (χ2v) is 9.75. The van der Waals surface area contributed by atoms with Crippen LogP contribution in [0.4, 0.5) is 10.8 Å². The van der Waals surface area contributed by atoms with Crippen molar-refractivity contribution in [2.45, 2.75) is 19.3 Å². The summed E-state index contributed by atoms with van der Waals surface area (Å²) in [6.45, 7) is 3.17. The predicted octanol–water partition coefficient (Wildman–Crippen LogP) is 3.07. The number of sulfonamides is 1. The second-order valence-electron chi connectivity index (χ2n) is 6.30. The van der Waals surface area contributed by atoms with Crippen molar-refractivity contribution in [3.8, 4) is 10.4 Å². The minimum absolute atomic E-state index is 0.00648. The highest BCUT2D eigenvalue weighted by Crippen LogP contribution is 2.36. The number of rotatable bonds is 5. The van der Waals surface area contributed by atoms with Crippen molar-refractivity contribution in [2.75, 3.05) is 24.1 Å². The Bertz CT molecular complexity index is 1100. The zero-order chi connectivity index (χ0) is 21.5. The topological polar surface area (TPSA) is 108 Å². The number of aromatic nitrogens is 2. The van der Waals surface area contributed by atoms with Crippen LogP contribution in [0.1, 0.15) is 12.6 Å². The van der Waals surface area contributed by atoms with E-state index in [0.717, 1.165) is 4.88 Å². The zero-order valence-electron chi connectivity index (χ0n) is 15.9. The van der Waals surface area contributed by atoms with E-state index in [1.807, 2.05) is 0 Å². The SMILES string of the molecule is CC(=O)Nc1nc(C)c(-c2cnc(Cl)c(NS(=O)(=O)C3=CN(C)N(C)C3Cl)c2)s1. The lowest BCUT2D eigenvalue weighted by Gasteiger charge is -2.22. The first-order chi connectivity index (χ1) is 13.5. The first-order valence-electron chi connectivity index (χ1n) is 8.24. The third kappa shape index (κ3) is 4.48. The van der Waals surface area contributed by atoms with Crippen LogP contribution in [0, 0.1) is 6.92 Å². The van der Waals surface area contributed by atoms with Crippen LogP contribution >= 0.6 is 34.5 Å². The van der Waals surface area contributed by atoms with Gasteiger partial charge in [-0.25, -0.2) is 23.4 Å². The van der Waals surface area contributed by atoms with Gasteiger partial charge in [0.1, 0.15) is 10.4 Å². The molecular weight excluding hydrogens is 459 g/mol. The maximum absolute atomic E-state index is 12.8. The summed E-state index contributed by atoms with van der Waals surface area (Å²) in [6, 6.07) is 1.57. The number of pyridine rings is 1. The highest BCUT2D eigenvalue weighted by molar-refractivity contribution is 7.96. The van der Waals surface area contributed by atoms with Crippen LogP contribution in [0.5, 0.6) is 0 Å². The van der Waals surface area contributed by atoms with Gasteiger partial charge in [-0.2, -0.15) is 0 Å². The zero-order valence-corrected chi connectivity index (χ0v) is 19.0. The molecule has 3 rings (SSSR count). The summed E-state index contributed by atoms with van der Waals surface area (Å²) in [4.78, 5) is 20.3. The van der Waals surface area contributed by atoms with Crippen molar-refractivity contribution in [1.29, 1.82) is 0 Å². The van der Waals surface area contributed by atoms with E-state index < -0.39 is 15.5 Å². The van der Waals surface area contributed by atoms with Gasteiger partial charge < -0.3 is 10.3 Å². The molecule has 1 aliphatic heterocycles. The molecule has 2 aromatic heterocycles. The van der Waals surface area contributed by atoms with Gasteiger partial charge in [0, 0.05) is 39.0 Å². The third-order valence-electron chi connectivity index (χ3n) is 4.11. The van der Waals surface area contributed by atoms with Gasteiger partial charge in [0.15, 0.2) is 10.3 Å². The lowest BCUT2D eigenvalue weighted by atomic mass is 10.2.